The first-order chi connectivity index (χ1) is 8.04. The van der Waals surface area contributed by atoms with E-state index in [4.69, 9.17) is 11.6 Å². The number of hydrogen-bond donors (Lipinski definition) is 2. The maximum absolute atomic E-state index is 13.5. The van der Waals surface area contributed by atoms with Crippen molar-refractivity contribution < 1.29 is 9.18 Å². The summed E-state index contributed by atoms with van der Waals surface area (Å²) in [5.41, 5.74) is 0.117. The minimum Gasteiger partial charge on any atom is -0.324 e. The molecule has 1 aromatic rings. The van der Waals surface area contributed by atoms with Crippen LogP contribution in [0.1, 0.15) is 20.3 Å². The second kappa shape index (κ2) is 6.57. The third kappa shape index (κ3) is 4.32. The lowest BCUT2D eigenvalue weighted by molar-refractivity contribution is -0.116. The number of benzene rings is 1. The van der Waals surface area contributed by atoms with E-state index in [0.29, 0.717) is 6.42 Å². The number of carbonyl (C=O) groups excluding carboxylic acids is 1. The highest BCUT2D eigenvalue weighted by molar-refractivity contribution is 6.31. The molecule has 1 amide bonds. The molecule has 0 saturated heterocycles. The molecule has 0 aliphatic rings. The third-order valence-corrected chi connectivity index (χ3v) is 2.56. The lowest BCUT2D eigenvalue weighted by Gasteiger charge is -2.12. The normalized spacial score (nSPS) is 12.2. The maximum atomic E-state index is 13.5. The van der Waals surface area contributed by atoms with Crippen molar-refractivity contribution in [1.29, 1.82) is 0 Å². The van der Waals surface area contributed by atoms with Crippen LogP contribution in [0, 0.1) is 5.82 Å². The molecule has 0 saturated carbocycles. The molecule has 0 spiro atoms. The van der Waals surface area contributed by atoms with E-state index in [1.807, 2.05) is 13.8 Å². The van der Waals surface area contributed by atoms with Crippen molar-refractivity contribution in [3.05, 3.63) is 29.0 Å². The van der Waals surface area contributed by atoms with Gasteiger partial charge in [0.2, 0.25) is 5.91 Å². The molecule has 0 radical (unpaired) electrons. The van der Waals surface area contributed by atoms with Crippen molar-refractivity contribution in [2.75, 3.05) is 11.9 Å². The Morgan fingerprint density at radius 1 is 1.53 bits per heavy atom. The van der Waals surface area contributed by atoms with E-state index in [1.54, 1.807) is 6.07 Å². The summed E-state index contributed by atoms with van der Waals surface area (Å²) in [7, 11) is 0. The molecule has 17 heavy (non-hydrogen) atoms. The van der Waals surface area contributed by atoms with Crippen LogP contribution in [0.3, 0.4) is 0 Å². The monoisotopic (exact) mass is 258 g/mol. The molecule has 5 heteroatoms. The van der Waals surface area contributed by atoms with Gasteiger partial charge >= 0.3 is 0 Å². The fourth-order valence-corrected chi connectivity index (χ4v) is 1.67. The summed E-state index contributed by atoms with van der Waals surface area (Å²) in [6, 6.07) is 4.57. The van der Waals surface area contributed by atoms with Crippen molar-refractivity contribution in [3.8, 4) is 0 Å². The van der Waals surface area contributed by atoms with Crippen molar-refractivity contribution in [3.63, 3.8) is 0 Å². The quantitative estimate of drug-likeness (QED) is 0.853. The third-order valence-electron chi connectivity index (χ3n) is 2.27. The molecule has 0 aromatic heterocycles. The zero-order valence-corrected chi connectivity index (χ0v) is 10.6. The Bertz CT molecular complexity index is 398. The second-order valence-corrected chi connectivity index (χ2v) is 4.22. The van der Waals surface area contributed by atoms with Crippen LogP contribution in [-0.4, -0.2) is 18.5 Å². The molecular weight excluding hydrogens is 243 g/mol. The number of anilines is 1. The molecule has 0 aliphatic carbocycles. The van der Waals surface area contributed by atoms with Gasteiger partial charge in [-0.2, -0.15) is 0 Å². The zero-order valence-electron chi connectivity index (χ0n) is 9.89. The number of carbonyl (C=O) groups is 1. The topological polar surface area (TPSA) is 41.1 Å². The van der Waals surface area contributed by atoms with Crippen LogP contribution in [0.5, 0.6) is 0 Å². The number of nitrogens with one attached hydrogen (secondary N) is 2. The van der Waals surface area contributed by atoms with Crippen LogP contribution in [0.2, 0.25) is 5.02 Å². The van der Waals surface area contributed by atoms with Crippen molar-refractivity contribution in [2.24, 2.45) is 0 Å². The summed E-state index contributed by atoms with van der Waals surface area (Å²) in [6.45, 7) is 4.66. The van der Waals surface area contributed by atoms with Gasteiger partial charge in [-0.15, -0.1) is 0 Å². The first-order valence-corrected chi connectivity index (χ1v) is 5.89. The first kappa shape index (κ1) is 13.9. The summed E-state index contributed by atoms with van der Waals surface area (Å²) in [5, 5.41) is 5.61. The van der Waals surface area contributed by atoms with Crippen LogP contribution >= 0.6 is 11.6 Å². The maximum Gasteiger partial charge on any atom is 0.226 e. The minimum atomic E-state index is -0.598. The summed E-state index contributed by atoms with van der Waals surface area (Å²) in [4.78, 5) is 11.6. The fraction of sp³-hybridized carbons (Fsp3) is 0.417. The van der Waals surface area contributed by atoms with Gasteiger partial charge in [0.15, 0.2) is 5.82 Å². The fourth-order valence-electron chi connectivity index (χ4n) is 1.50. The highest BCUT2D eigenvalue weighted by Crippen LogP contribution is 2.22. The highest BCUT2D eigenvalue weighted by atomic mass is 35.5. The van der Waals surface area contributed by atoms with Crippen LogP contribution in [-0.2, 0) is 4.79 Å². The van der Waals surface area contributed by atoms with E-state index in [-0.39, 0.29) is 22.7 Å². The van der Waals surface area contributed by atoms with E-state index in [0.717, 1.165) is 6.54 Å². The standard InChI is InChI=1S/C12H16ClFN2O/c1-3-15-8(2)7-11(17)16-10-6-4-5-9(13)12(10)14/h4-6,8,15H,3,7H2,1-2H3,(H,16,17). The smallest absolute Gasteiger partial charge is 0.226 e. The number of amides is 1. The number of halogens is 2. The molecule has 0 bridgehead atoms. The molecule has 0 heterocycles. The predicted octanol–water partition coefficient (Wildman–Crippen LogP) is 2.81. The minimum absolute atomic E-state index is 0.00234. The van der Waals surface area contributed by atoms with Gasteiger partial charge in [0, 0.05) is 12.5 Å². The number of hydrogen-bond acceptors (Lipinski definition) is 2. The Hall–Kier alpha value is -1.13. The first-order valence-electron chi connectivity index (χ1n) is 5.51. The summed E-state index contributed by atoms with van der Waals surface area (Å²) < 4.78 is 13.5. The molecule has 1 rings (SSSR count). The molecule has 1 atom stereocenters. The molecule has 2 N–H and O–H groups in total. The zero-order chi connectivity index (χ0) is 12.8. The average Bonchev–Trinajstić information content (AvgIpc) is 2.25. The predicted molar refractivity (Wildman–Crippen MR) is 67.8 cm³/mol. The van der Waals surface area contributed by atoms with Crippen molar-refractivity contribution >= 4 is 23.2 Å². The van der Waals surface area contributed by atoms with E-state index in [1.165, 1.54) is 12.1 Å². The van der Waals surface area contributed by atoms with Crippen LogP contribution in [0.15, 0.2) is 18.2 Å². The Balaban J connectivity index is 2.59. The molecule has 1 unspecified atom stereocenters. The van der Waals surface area contributed by atoms with E-state index >= 15 is 0 Å². The second-order valence-electron chi connectivity index (χ2n) is 3.81. The largest absolute Gasteiger partial charge is 0.324 e. The molecule has 3 nitrogen and oxygen atoms in total. The van der Waals surface area contributed by atoms with Gasteiger partial charge in [-0.05, 0) is 25.6 Å². The Morgan fingerprint density at radius 2 is 2.24 bits per heavy atom. The van der Waals surface area contributed by atoms with E-state index in [2.05, 4.69) is 10.6 Å². The van der Waals surface area contributed by atoms with E-state index in [9.17, 15) is 9.18 Å². The van der Waals surface area contributed by atoms with Gasteiger partial charge < -0.3 is 10.6 Å². The van der Waals surface area contributed by atoms with Crippen LogP contribution in [0.4, 0.5) is 10.1 Å². The molecule has 0 aliphatic heterocycles. The van der Waals surface area contributed by atoms with Gasteiger partial charge in [-0.25, -0.2) is 4.39 Å². The van der Waals surface area contributed by atoms with Gasteiger partial charge in [-0.1, -0.05) is 24.6 Å². The van der Waals surface area contributed by atoms with Gasteiger partial charge in [0.25, 0.3) is 0 Å². The van der Waals surface area contributed by atoms with Crippen LogP contribution in [0.25, 0.3) is 0 Å². The lowest BCUT2D eigenvalue weighted by Crippen LogP contribution is -2.30. The summed E-state index contributed by atoms with van der Waals surface area (Å²) in [6.07, 6.45) is 0.291. The molecule has 1 aromatic carbocycles. The highest BCUT2D eigenvalue weighted by Gasteiger charge is 2.11. The average molecular weight is 259 g/mol. The van der Waals surface area contributed by atoms with Crippen LogP contribution < -0.4 is 10.6 Å². The van der Waals surface area contributed by atoms with E-state index < -0.39 is 5.82 Å². The van der Waals surface area contributed by atoms with Gasteiger partial charge in [0.05, 0.1) is 10.7 Å². The number of rotatable bonds is 5. The molecule has 94 valence electrons. The van der Waals surface area contributed by atoms with Gasteiger partial charge in [-0.3, -0.25) is 4.79 Å². The Kier molecular flexibility index (Phi) is 5.38. The van der Waals surface area contributed by atoms with Crippen molar-refractivity contribution in [1.82, 2.24) is 5.32 Å². The SMILES string of the molecule is CCNC(C)CC(=O)Nc1cccc(Cl)c1F. The summed E-state index contributed by atoms with van der Waals surface area (Å²) >= 11 is 5.61. The Morgan fingerprint density at radius 3 is 2.88 bits per heavy atom. The Labute approximate surface area is 105 Å². The molecular formula is C12H16ClFN2O. The lowest BCUT2D eigenvalue weighted by atomic mass is 10.2. The van der Waals surface area contributed by atoms with Crippen molar-refractivity contribution in [2.45, 2.75) is 26.3 Å². The summed E-state index contributed by atoms with van der Waals surface area (Å²) in [5.74, 6) is -0.835. The van der Waals surface area contributed by atoms with Gasteiger partial charge in [0.1, 0.15) is 0 Å². The molecule has 0 fully saturated rings.